The van der Waals surface area contributed by atoms with Crippen molar-refractivity contribution in [3.8, 4) is 28.4 Å². The second-order valence-electron chi connectivity index (χ2n) is 7.47. The van der Waals surface area contributed by atoms with Crippen molar-refractivity contribution in [2.24, 2.45) is 5.10 Å². The van der Waals surface area contributed by atoms with E-state index in [1.54, 1.807) is 43.3 Å². The van der Waals surface area contributed by atoms with E-state index in [0.717, 1.165) is 5.56 Å². The van der Waals surface area contributed by atoms with Crippen LogP contribution in [0.25, 0.3) is 16.9 Å². The summed E-state index contributed by atoms with van der Waals surface area (Å²) in [4.78, 5) is 13.0. The number of methoxy groups -OCH3 is 1. The quantitative estimate of drug-likeness (QED) is 0.253. The van der Waals surface area contributed by atoms with Gasteiger partial charge in [0.2, 0.25) is 0 Å². The van der Waals surface area contributed by atoms with Crippen LogP contribution in [0.5, 0.6) is 11.5 Å². The molecule has 1 amide bonds. The van der Waals surface area contributed by atoms with Gasteiger partial charge in [0.15, 0.2) is 17.2 Å². The zero-order valence-electron chi connectivity index (χ0n) is 18.6. The number of rotatable bonds is 6. The first kappa shape index (κ1) is 24.3. The molecule has 0 saturated heterocycles. The lowest BCUT2D eigenvalue weighted by Gasteiger charge is -2.09. The minimum Gasteiger partial charge on any atom is -0.504 e. The first-order chi connectivity index (χ1) is 16.8. The third-order valence-corrected chi connectivity index (χ3v) is 5.73. The van der Waals surface area contributed by atoms with Crippen LogP contribution in [0.3, 0.4) is 0 Å². The van der Waals surface area contributed by atoms with Gasteiger partial charge in [-0.15, -0.1) is 0 Å². The molecule has 0 aliphatic carbocycles. The fourth-order valence-electron chi connectivity index (χ4n) is 3.45. The molecule has 0 radical (unpaired) electrons. The van der Waals surface area contributed by atoms with E-state index in [2.05, 4.69) is 15.6 Å². The van der Waals surface area contributed by atoms with Gasteiger partial charge >= 0.3 is 0 Å². The number of ether oxygens (including phenoxy) is 1. The summed E-state index contributed by atoms with van der Waals surface area (Å²) in [5.74, 6) is -0.844. The van der Waals surface area contributed by atoms with Crippen LogP contribution in [0.4, 0.5) is 4.39 Å². The molecule has 0 atom stereocenters. The molecule has 4 aromatic rings. The van der Waals surface area contributed by atoms with Gasteiger partial charge in [0.25, 0.3) is 5.91 Å². The number of phenols is 1. The number of carbonyl (C=O) groups is 1. The largest absolute Gasteiger partial charge is 0.504 e. The van der Waals surface area contributed by atoms with Gasteiger partial charge in [-0.3, -0.25) is 4.79 Å². The van der Waals surface area contributed by atoms with Gasteiger partial charge in [-0.1, -0.05) is 35.3 Å². The van der Waals surface area contributed by atoms with Crippen LogP contribution in [-0.4, -0.2) is 34.1 Å². The van der Waals surface area contributed by atoms with E-state index in [1.165, 1.54) is 42.3 Å². The van der Waals surface area contributed by atoms with Crippen molar-refractivity contribution in [3.63, 3.8) is 0 Å². The second kappa shape index (κ2) is 10.2. The maximum Gasteiger partial charge on any atom is 0.292 e. The summed E-state index contributed by atoms with van der Waals surface area (Å²) in [5, 5.41) is 18.7. The number of aromatic hydroxyl groups is 1. The fourth-order valence-corrected chi connectivity index (χ4v) is 3.76. The summed E-state index contributed by atoms with van der Waals surface area (Å²) in [5.41, 5.74) is 5.59. The minimum atomic E-state index is -0.564. The topological polar surface area (TPSA) is 88.7 Å². The smallest absolute Gasteiger partial charge is 0.292 e. The van der Waals surface area contributed by atoms with E-state index in [9.17, 15) is 14.3 Å². The number of benzene rings is 3. The predicted octanol–water partition coefficient (Wildman–Crippen LogP) is 5.77. The fraction of sp³-hybridized carbons (Fsp3) is 0.0800. The Morgan fingerprint density at radius 2 is 1.89 bits per heavy atom. The highest BCUT2D eigenvalue weighted by molar-refractivity contribution is 6.31. The molecule has 4 rings (SSSR count). The molecule has 0 aliphatic heterocycles. The van der Waals surface area contributed by atoms with E-state index in [1.807, 2.05) is 0 Å². The van der Waals surface area contributed by atoms with Gasteiger partial charge in [-0.25, -0.2) is 14.5 Å². The molecule has 0 bridgehead atoms. The average molecular weight is 513 g/mol. The number of nitrogens with zero attached hydrogens (tertiary/aromatic N) is 3. The molecule has 7 nitrogen and oxygen atoms in total. The molecule has 0 unspecified atom stereocenters. The van der Waals surface area contributed by atoms with Crippen molar-refractivity contribution in [2.45, 2.75) is 6.92 Å². The van der Waals surface area contributed by atoms with Crippen LogP contribution >= 0.6 is 23.2 Å². The molecule has 1 heterocycles. The van der Waals surface area contributed by atoms with E-state index < -0.39 is 11.7 Å². The highest BCUT2D eigenvalue weighted by Crippen LogP contribution is 2.31. The molecule has 35 heavy (non-hydrogen) atoms. The number of carbonyl (C=O) groups excluding carboxylic acids is 1. The van der Waals surface area contributed by atoms with E-state index in [-0.39, 0.29) is 22.2 Å². The minimum absolute atomic E-state index is 0.00882. The first-order valence-electron chi connectivity index (χ1n) is 10.3. The Morgan fingerprint density at radius 1 is 1.14 bits per heavy atom. The number of hydrazone groups is 1. The van der Waals surface area contributed by atoms with Gasteiger partial charge in [0, 0.05) is 16.1 Å². The third kappa shape index (κ3) is 5.13. The Morgan fingerprint density at radius 3 is 2.57 bits per heavy atom. The van der Waals surface area contributed by atoms with Crippen molar-refractivity contribution in [2.75, 3.05) is 7.11 Å². The molecule has 3 aromatic carbocycles. The lowest BCUT2D eigenvalue weighted by atomic mass is 10.1. The van der Waals surface area contributed by atoms with Crippen molar-refractivity contribution < 1.29 is 19.0 Å². The Kier molecular flexibility index (Phi) is 7.04. The van der Waals surface area contributed by atoms with Gasteiger partial charge in [0.05, 0.1) is 29.7 Å². The Bertz CT molecular complexity index is 1440. The van der Waals surface area contributed by atoms with Crippen molar-refractivity contribution in [1.82, 2.24) is 15.2 Å². The van der Waals surface area contributed by atoms with Crippen LogP contribution in [0.1, 0.15) is 21.6 Å². The number of nitrogens with one attached hydrogen (secondary N) is 1. The molecule has 0 fully saturated rings. The number of phenolic OH excluding ortho intramolecular Hbond substituents is 1. The Labute approximate surface area is 210 Å². The van der Waals surface area contributed by atoms with Gasteiger partial charge in [0.1, 0.15) is 5.82 Å². The summed E-state index contributed by atoms with van der Waals surface area (Å²) in [6.07, 6.45) is 1.41. The van der Waals surface area contributed by atoms with Crippen LogP contribution in [0, 0.1) is 12.7 Å². The van der Waals surface area contributed by atoms with Gasteiger partial charge in [-0.2, -0.15) is 10.2 Å². The lowest BCUT2D eigenvalue weighted by molar-refractivity contribution is 0.0949. The van der Waals surface area contributed by atoms with E-state index in [4.69, 9.17) is 27.9 Å². The van der Waals surface area contributed by atoms with Crippen molar-refractivity contribution in [3.05, 3.63) is 93.3 Å². The molecule has 1 aromatic heterocycles. The van der Waals surface area contributed by atoms with Crippen LogP contribution < -0.4 is 10.2 Å². The highest BCUT2D eigenvalue weighted by atomic mass is 35.5. The van der Waals surface area contributed by atoms with E-state index >= 15 is 0 Å². The van der Waals surface area contributed by atoms with Crippen LogP contribution in [0.15, 0.2) is 65.8 Å². The number of aromatic nitrogens is 2. The van der Waals surface area contributed by atoms with Crippen LogP contribution in [0.2, 0.25) is 10.0 Å². The summed E-state index contributed by atoms with van der Waals surface area (Å²) >= 11 is 12.0. The SMILES string of the molecule is COc1cc(/C=N/NC(=O)c2nn(-c3ccc(F)c(Cl)c3)c(-c3ccc(Cl)cc3)c2C)ccc1O. The second-order valence-corrected chi connectivity index (χ2v) is 8.31. The molecule has 10 heteroatoms. The zero-order chi connectivity index (χ0) is 25.1. The molecule has 178 valence electrons. The lowest BCUT2D eigenvalue weighted by Crippen LogP contribution is -2.19. The zero-order valence-corrected chi connectivity index (χ0v) is 20.1. The molecular formula is C25H19Cl2FN4O3. The number of hydrogen-bond donors (Lipinski definition) is 2. The van der Waals surface area contributed by atoms with Gasteiger partial charge in [-0.05, 0) is 61.0 Å². The summed E-state index contributed by atoms with van der Waals surface area (Å²) in [7, 11) is 1.43. The molecule has 2 N–H and O–H groups in total. The normalized spacial score (nSPS) is 11.1. The molecule has 0 saturated carbocycles. The summed E-state index contributed by atoms with van der Waals surface area (Å²) < 4.78 is 20.4. The molecule has 0 aliphatic rings. The van der Waals surface area contributed by atoms with E-state index in [0.29, 0.717) is 27.5 Å². The number of hydrogen-bond acceptors (Lipinski definition) is 5. The first-order valence-corrected chi connectivity index (χ1v) is 11.1. The van der Waals surface area contributed by atoms with Crippen molar-refractivity contribution >= 4 is 35.3 Å². The molecular weight excluding hydrogens is 494 g/mol. The van der Waals surface area contributed by atoms with Crippen LogP contribution in [-0.2, 0) is 0 Å². The maximum atomic E-state index is 13.8. The predicted molar refractivity (Wildman–Crippen MR) is 133 cm³/mol. The number of amides is 1. The van der Waals surface area contributed by atoms with Crippen molar-refractivity contribution in [1.29, 1.82) is 0 Å². The molecule has 0 spiro atoms. The highest BCUT2D eigenvalue weighted by Gasteiger charge is 2.22. The maximum absolute atomic E-state index is 13.8. The number of halogens is 3. The standard InChI is InChI=1S/C25H19Cl2FN4O3/c1-14-23(25(34)30-29-13-15-3-10-21(33)22(11-15)35-2)31-32(18-8-9-20(28)19(27)12-18)24(14)16-4-6-17(26)7-5-16/h3-13,33H,1-2H3,(H,30,34)/b29-13+. The van der Waals surface area contributed by atoms with Gasteiger partial charge < -0.3 is 9.84 Å². The average Bonchev–Trinajstić information content (AvgIpc) is 3.19. The Hall–Kier alpha value is -3.88. The summed E-state index contributed by atoms with van der Waals surface area (Å²) in [6.45, 7) is 1.75. The Balaban J connectivity index is 1.70. The summed E-state index contributed by atoms with van der Waals surface area (Å²) in [6, 6.07) is 15.9. The third-order valence-electron chi connectivity index (χ3n) is 5.19. The monoisotopic (exact) mass is 512 g/mol.